The fraction of sp³-hybridized carbons (Fsp3) is 0.0500. The minimum Gasteiger partial charge on any atom is -0.435 e. The maximum absolute atomic E-state index is 12.5. The lowest BCUT2D eigenvalue weighted by atomic mass is 10.2. The van der Waals surface area contributed by atoms with E-state index >= 15 is 0 Å². The number of hydrogen-bond donors (Lipinski definition) is 2. The van der Waals surface area contributed by atoms with Crippen molar-refractivity contribution in [2.45, 2.75) is 11.5 Å². The normalized spacial score (nSPS) is 10.5. The third-order valence-electron chi connectivity index (χ3n) is 3.76. The van der Waals surface area contributed by atoms with Crippen LogP contribution in [0.4, 0.5) is 25.8 Å². The second-order valence-corrected chi connectivity index (χ2v) is 6.78. The summed E-state index contributed by atoms with van der Waals surface area (Å²) >= 11 is 1.16. The van der Waals surface area contributed by atoms with E-state index in [1.807, 2.05) is 0 Å². The molecule has 0 spiro atoms. The van der Waals surface area contributed by atoms with Crippen molar-refractivity contribution in [1.29, 1.82) is 0 Å². The average Bonchev–Trinajstić information content (AvgIpc) is 2.72. The molecule has 0 atom stereocenters. The Hall–Kier alpha value is -3.66. The average molecular weight is 431 g/mol. The van der Waals surface area contributed by atoms with Crippen molar-refractivity contribution < 1.29 is 23.2 Å². The Morgan fingerprint density at radius 2 is 1.73 bits per heavy atom. The SMILES string of the molecule is O=C(Nc1cccc(OC(F)F)c1)c1cccc(NSc2cccc([N+](=O)[O-])c2)c1. The van der Waals surface area contributed by atoms with E-state index < -0.39 is 17.4 Å². The highest BCUT2D eigenvalue weighted by Crippen LogP contribution is 2.25. The van der Waals surface area contributed by atoms with Crippen molar-refractivity contribution in [3.63, 3.8) is 0 Å². The molecule has 10 heteroatoms. The maximum atomic E-state index is 12.5. The van der Waals surface area contributed by atoms with Gasteiger partial charge in [0.2, 0.25) is 0 Å². The number of halogens is 2. The number of nitro groups is 1. The Kier molecular flexibility index (Phi) is 6.81. The summed E-state index contributed by atoms with van der Waals surface area (Å²) in [5.74, 6) is -0.500. The topological polar surface area (TPSA) is 93.5 Å². The summed E-state index contributed by atoms with van der Waals surface area (Å²) in [5.41, 5.74) is 1.23. The molecule has 3 aromatic carbocycles. The number of nitrogens with one attached hydrogen (secondary N) is 2. The van der Waals surface area contributed by atoms with E-state index in [1.54, 1.807) is 42.5 Å². The van der Waals surface area contributed by atoms with Gasteiger partial charge in [-0.2, -0.15) is 8.78 Å². The van der Waals surface area contributed by atoms with Gasteiger partial charge < -0.3 is 14.8 Å². The van der Waals surface area contributed by atoms with Crippen LogP contribution in [0.1, 0.15) is 10.4 Å². The van der Waals surface area contributed by atoms with E-state index in [4.69, 9.17) is 0 Å². The molecular formula is C20H15F2N3O4S. The van der Waals surface area contributed by atoms with E-state index in [0.717, 1.165) is 11.9 Å². The van der Waals surface area contributed by atoms with Crippen LogP contribution in [-0.4, -0.2) is 17.4 Å². The molecule has 0 bridgehead atoms. The molecule has 7 nitrogen and oxygen atoms in total. The first kappa shape index (κ1) is 21.1. The quantitative estimate of drug-likeness (QED) is 0.275. The summed E-state index contributed by atoms with van der Waals surface area (Å²) in [6.45, 7) is -2.96. The van der Waals surface area contributed by atoms with Gasteiger partial charge in [0.25, 0.3) is 11.6 Å². The number of non-ortho nitro benzene ring substituents is 1. The molecule has 0 aromatic heterocycles. The molecule has 0 heterocycles. The standard InChI is InChI=1S/C20H15F2N3O4S/c21-20(22)29-17-8-2-5-14(11-17)23-19(26)13-4-1-6-15(10-13)24-30-18-9-3-7-16(12-18)25(27)28/h1-12,20,24H,(H,23,26). The van der Waals surface area contributed by atoms with Crippen molar-refractivity contribution in [2.24, 2.45) is 0 Å². The number of nitrogens with zero attached hydrogens (tertiary/aromatic N) is 1. The lowest BCUT2D eigenvalue weighted by Crippen LogP contribution is -2.12. The second-order valence-electron chi connectivity index (χ2n) is 5.90. The molecule has 0 aliphatic heterocycles. The molecule has 0 unspecified atom stereocenters. The van der Waals surface area contributed by atoms with Crippen molar-refractivity contribution in [3.8, 4) is 5.75 Å². The molecule has 0 radical (unpaired) electrons. The fourth-order valence-corrected chi connectivity index (χ4v) is 3.14. The number of hydrogen-bond acceptors (Lipinski definition) is 6. The summed E-state index contributed by atoms with van der Waals surface area (Å²) in [5, 5.41) is 13.5. The van der Waals surface area contributed by atoms with E-state index in [0.29, 0.717) is 21.8 Å². The van der Waals surface area contributed by atoms with Crippen LogP contribution >= 0.6 is 11.9 Å². The number of ether oxygens (including phenoxy) is 1. The number of rotatable bonds is 8. The zero-order valence-electron chi connectivity index (χ0n) is 15.2. The van der Waals surface area contributed by atoms with Gasteiger partial charge in [-0.05, 0) is 48.3 Å². The summed E-state index contributed by atoms with van der Waals surface area (Å²) in [6.07, 6.45) is 0. The fourth-order valence-electron chi connectivity index (χ4n) is 2.46. The third-order valence-corrected chi connectivity index (χ3v) is 4.58. The second kappa shape index (κ2) is 9.70. The van der Waals surface area contributed by atoms with Crippen molar-refractivity contribution in [3.05, 3.63) is 88.5 Å². The Balaban J connectivity index is 1.65. The van der Waals surface area contributed by atoms with Gasteiger partial charge in [-0.15, -0.1) is 0 Å². The van der Waals surface area contributed by atoms with Gasteiger partial charge in [-0.3, -0.25) is 14.9 Å². The van der Waals surface area contributed by atoms with Crippen molar-refractivity contribution >= 4 is 34.9 Å². The number of carbonyl (C=O) groups is 1. The highest BCUT2D eigenvalue weighted by molar-refractivity contribution is 8.00. The zero-order chi connectivity index (χ0) is 21.5. The van der Waals surface area contributed by atoms with Gasteiger partial charge in [-0.25, -0.2) is 0 Å². The third kappa shape index (κ3) is 5.92. The monoisotopic (exact) mass is 431 g/mol. The molecule has 1 amide bonds. The molecule has 2 N–H and O–H groups in total. The van der Waals surface area contributed by atoms with Crippen LogP contribution in [0, 0.1) is 10.1 Å². The van der Waals surface area contributed by atoms with Crippen LogP contribution in [0.15, 0.2) is 77.7 Å². The molecule has 0 aliphatic carbocycles. The molecule has 0 saturated heterocycles. The predicted molar refractivity (Wildman–Crippen MR) is 110 cm³/mol. The smallest absolute Gasteiger partial charge is 0.387 e. The van der Waals surface area contributed by atoms with Crippen molar-refractivity contribution in [2.75, 3.05) is 10.0 Å². The minimum absolute atomic E-state index is 0.0204. The first-order valence-corrected chi connectivity index (χ1v) is 9.36. The molecule has 0 aliphatic rings. The molecule has 0 saturated carbocycles. The Labute approximate surface area is 174 Å². The van der Waals surface area contributed by atoms with E-state index in [2.05, 4.69) is 14.8 Å². The predicted octanol–water partition coefficient (Wildman–Crippen LogP) is 5.57. The Morgan fingerprint density at radius 1 is 1.00 bits per heavy atom. The Bertz CT molecular complexity index is 1070. The number of amides is 1. The van der Waals surface area contributed by atoms with Gasteiger partial charge >= 0.3 is 6.61 Å². The molecule has 0 fully saturated rings. The number of carbonyl (C=O) groups excluding carboxylic acids is 1. The summed E-state index contributed by atoms with van der Waals surface area (Å²) in [6, 6.07) is 18.4. The summed E-state index contributed by atoms with van der Waals surface area (Å²) in [4.78, 5) is 23.5. The number of alkyl halides is 2. The highest BCUT2D eigenvalue weighted by Gasteiger charge is 2.10. The summed E-state index contributed by atoms with van der Waals surface area (Å²) < 4.78 is 32.0. The molecule has 3 rings (SSSR count). The van der Waals surface area contributed by atoms with E-state index in [9.17, 15) is 23.7 Å². The molecule has 154 valence electrons. The van der Waals surface area contributed by atoms with Gasteiger partial charge in [-0.1, -0.05) is 18.2 Å². The lowest BCUT2D eigenvalue weighted by Gasteiger charge is -2.10. The van der Waals surface area contributed by atoms with Crippen molar-refractivity contribution in [1.82, 2.24) is 0 Å². The van der Waals surface area contributed by atoms with Crippen LogP contribution in [0.3, 0.4) is 0 Å². The van der Waals surface area contributed by atoms with Crippen LogP contribution < -0.4 is 14.8 Å². The first-order valence-electron chi connectivity index (χ1n) is 8.54. The Morgan fingerprint density at radius 3 is 2.50 bits per heavy atom. The minimum atomic E-state index is -2.96. The summed E-state index contributed by atoms with van der Waals surface area (Å²) in [7, 11) is 0. The largest absolute Gasteiger partial charge is 0.435 e. The molecular weight excluding hydrogens is 416 g/mol. The van der Waals surface area contributed by atoms with Crippen LogP contribution in [-0.2, 0) is 0 Å². The van der Waals surface area contributed by atoms with Gasteiger partial charge in [0.15, 0.2) is 0 Å². The van der Waals surface area contributed by atoms with Crippen LogP contribution in [0.5, 0.6) is 5.75 Å². The molecule has 30 heavy (non-hydrogen) atoms. The lowest BCUT2D eigenvalue weighted by molar-refractivity contribution is -0.385. The number of nitro benzene ring substituents is 1. The molecule has 3 aromatic rings. The maximum Gasteiger partial charge on any atom is 0.387 e. The van der Waals surface area contributed by atoms with E-state index in [1.165, 1.54) is 30.3 Å². The van der Waals surface area contributed by atoms with Gasteiger partial charge in [0.05, 0.1) is 4.92 Å². The zero-order valence-corrected chi connectivity index (χ0v) is 16.1. The van der Waals surface area contributed by atoms with E-state index in [-0.39, 0.29) is 11.4 Å². The first-order chi connectivity index (χ1) is 14.4. The number of anilines is 2. The van der Waals surface area contributed by atoms with Gasteiger partial charge in [0.1, 0.15) is 5.75 Å². The van der Waals surface area contributed by atoms with Crippen LogP contribution in [0.2, 0.25) is 0 Å². The highest BCUT2D eigenvalue weighted by atomic mass is 32.2. The van der Waals surface area contributed by atoms with Gasteiger partial charge in [0, 0.05) is 40.0 Å². The van der Waals surface area contributed by atoms with Crippen LogP contribution in [0.25, 0.3) is 0 Å². The number of benzene rings is 3.